The van der Waals surface area contributed by atoms with Crippen LogP contribution >= 0.6 is 0 Å². The lowest BCUT2D eigenvalue weighted by Crippen LogP contribution is -2.43. The minimum Gasteiger partial charge on any atom is -0.486 e. The molecule has 6 nitrogen and oxygen atoms in total. The molecule has 160 valence electrons. The van der Waals surface area contributed by atoms with Crippen molar-refractivity contribution in [1.29, 1.82) is 0 Å². The molecule has 2 aromatic carbocycles. The number of hydrogen-bond acceptors (Lipinski definition) is 3. The van der Waals surface area contributed by atoms with Crippen molar-refractivity contribution in [2.24, 2.45) is 4.99 Å². The summed E-state index contributed by atoms with van der Waals surface area (Å²) in [6.07, 6.45) is 0.592. The van der Waals surface area contributed by atoms with Crippen molar-refractivity contribution in [2.75, 3.05) is 26.2 Å². The van der Waals surface area contributed by atoms with Crippen LogP contribution in [0.2, 0.25) is 0 Å². The maximum absolute atomic E-state index is 13.7. The van der Waals surface area contributed by atoms with Gasteiger partial charge in [0.2, 0.25) is 5.91 Å². The smallest absolute Gasteiger partial charge is 0.244 e. The summed E-state index contributed by atoms with van der Waals surface area (Å²) in [4.78, 5) is 18.9. The first-order valence-electron chi connectivity index (χ1n) is 10.3. The Morgan fingerprint density at radius 1 is 1.17 bits per heavy atom. The van der Waals surface area contributed by atoms with Crippen molar-refractivity contribution < 1.29 is 13.9 Å². The maximum atomic E-state index is 13.7. The maximum Gasteiger partial charge on any atom is 0.244 e. The van der Waals surface area contributed by atoms with Crippen LogP contribution in [0, 0.1) is 5.82 Å². The number of fused-ring (bicyclic) bond motifs is 1. The summed E-state index contributed by atoms with van der Waals surface area (Å²) in [6, 6.07) is 14.5. The number of benzene rings is 2. The van der Waals surface area contributed by atoms with E-state index in [0.717, 1.165) is 6.42 Å². The summed E-state index contributed by atoms with van der Waals surface area (Å²) in [5.41, 5.74) is 2.51. The highest BCUT2D eigenvalue weighted by Crippen LogP contribution is 2.18. The van der Waals surface area contributed by atoms with Crippen LogP contribution in [-0.2, 0) is 17.8 Å². The third-order valence-electron chi connectivity index (χ3n) is 4.92. The SMILES string of the molecule is CCNC(=NCC(=O)N1CCc2ccccc2C1)NCC(C)Oc1ccccc1F. The van der Waals surface area contributed by atoms with Crippen molar-refractivity contribution in [1.82, 2.24) is 15.5 Å². The molecule has 0 aromatic heterocycles. The second-order valence-corrected chi connectivity index (χ2v) is 7.27. The second-order valence-electron chi connectivity index (χ2n) is 7.27. The number of guanidine groups is 1. The van der Waals surface area contributed by atoms with E-state index in [1.165, 1.54) is 17.2 Å². The number of carbonyl (C=O) groups is 1. The van der Waals surface area contributed by atoms with Gasteiger partial charge in [0.1, 0.15) is 12.6 Å². The zero-order valence-corrected chi connectivity index (χ0v) is 17.5. The number of rotatable bonds is 7. The summed E-state index contributed by atoms with van der Waals surface area (Å²) < 4.78 is 19.4. The molecule has 1 unspecified atom stereocenters. The number of aliphatic imine (C=N–C) groups is 1. The van der Waals surface area contributed by atoms with Crippen molar-refractivity contribution in [3.05, 3.63) is 65.5 Å². The van der Waals surface area contributed by atoms with Crippen molar-refractivity contribution in [3.63, 3.8) is 0 Å². The van der Waals surface area contributed by atoms with Crippen LogP contribution < -0.4 is 15.4 Å². The molecule has 1 heterocycles. The fourth-order valence-electron chi connectivity index (χ4n) is 3.34. The molecule has 2 aromatic rings. The van der Waals surface area contributed by atoms with Gasteiger partial charge < -0.3 is 20.3 Å². The van der Waals surface area contributed by atoms with Crippen LogP contribution in [0.25, 0.3) is 0 Å². The molecule has 7 heteroatoms. The molecule has 0 aliphatic carbocycles. The zero-order chi connectivity index (χ0) is 21.3. The van der Waals surface area contributed by atoms with E-state index >= 15 is 0 Å². The number of carbonyl (C=O) groups excluding carboxylic acids is 1. The van der Waals surface area contributed by atoms with E-state index in [1.54, 1.807) is 18.2 Å². The van der Waals surface area contributed by atoms with Crippen LogP contribution in [0.1, 0.15) is 25.0 Å². The number of nitrogens with one attached hydrogen (secondary N) is 2. The Labute approximate surface area is 177 Å². The van der Waals surface area contributed by atoms with Crippen molar-refractivity contribution in [2.45, 2.75) is 32.9 Å². The Morgan fingerprint density at radius 2 is 1.90 bits per heavy atom. The molecule has 0 saturated heterocycles. The lowest BCUT2D eigenvalue weighted by atomic mass is 10.00. The average molecular weight is 413 g/mol. The van der Waals surface area contributed by atoms with Crippen LogP contribution in [0.3, 0.4) is 0 Å². The summed E-state index contributed by atoms with van der Waals surface area (Å²) in [6.45, 7) is 6.30. The first-order valence-corrected chi connectivity index (χ1v) is 10.3. The van der Waals surface area contributed by atoms with Gasteiger partial charge >= 0.3 is 0 Å². The summed E-state index contributed by atoms with van der Waals surface area (Å²) >= 11 is 0. The van der Waals surface area contributed by atoms with Gasteiger partial charge in [-0.25, -0.2) is 9.38 Å². The molecule has 0 saturated carbocycles. The molecule has 3 rings (SSSR count). The van der Waals surface area contributed by atoms with E-state index in [-0.39, 0.29) is 24.3 Å². The van der Waals surface area contributed by atoms with Gasteiger partial charge in [0.25, 0.3) is 0 Å². The Morgan fingerprint density at radius 3 is 2.67 bits per heavy atom. The van der Waals surface area contributed by atoms with Gasteiger partial charge in [-0.2, -0.15) is 0 Å². The second kappa shape index (κ2) is 10.6. The van der Waals surface area contributed by atoms with Gasteiger partial charge in [-0.3, -0.25) is 4.79 Å². The lowest BCUT2D eigenvalue weighted by Gasteiger charge is -2.28. The molecule has 0 radical (unpaired) electrons. The summed E-state index contributed by atoms with van der Waals surface area (Å²) in [7, 11) is 0. The normalized spacial score (nSPS) is 14.6. The van der Waals surface area contributed by atoms with Gasteiger partial charge in [-0.15, -0.1) is 0 Å². The fourth-order valence-corrected chi connectivity index (χ4v) is 3.34. The lowest BCUT2D eigenvalue weighted by molar-refractivity contribution is -0.130. The number of nitrogens with zero attached hydrogens (tertiary/aromatic N) is 2. The van der Waals surface area contributed by atoms with E-state index < -0.39 is 5.82 Å². The summed E-state index contributed by atoms with van der Waals surface area (Å²) in [5, 5.41) is 6.28. The van der Waals surface area contributed by atoms with Crippen LogP contribution in [0.4, 0.5) is 4.39 Å². The Kier molecular flexibility index (Phi) is 7.65. The van der Waals surface area contributed by atoms with Crippen molar-refractivity contribution >= 4 is 11.9 Å². The van der Waals surface area contributed by atoms with E-state index in [9.17, 15) is 9.18 Å². The molecular formula is C23H29FN4O2. The van der Waals surface area contributed by atoms with Gasteiger partial charge in [-0.05, 0) is 43.5 Å². The molecule has 0 spiro atoms. The van der Waals surface area contributed by atoms with Gasteiger partial charge in [0, 0.05) is 19.6 Å². The first-order chi connectivity index (χ1) is 14.6. The molecule has 1 aliphatic rings. The van der Waals surface area contributed by atoms with E-state index in [4.69, 9.17) is 4.74 Å². The Hall–Kier alpha value is -3.09. The van der Waals surface area contributed by atoms with Gasteiger partial charge in [0.15, 0.2) is 17.5 Å². The summed E-state index contributed by atoms with van der Waals surface area (Å²) in [5.74, 6) is 0.359. The molecule has 1 amide bonds. The van der Waals surface area contributed by atoms with Crippen LogP contribution in [0.5, 0.6) is 5.75 Å². The third-order valence-corrected chi connectivity index (χ3v) is 4.92. The number of halogens is 1. The highest BCUT2D eigenvalue weighted by molar-refractivity contribution is 5.85. The predicted octanol–water partition coefficient (Wildman–Crippen LogP) is 2.73. The number of para-hydroxylation sites is 1. The largest absolute Gasteiger partial charge is 0.486 e. The van der Waals surface area contributed by atoms with Gasteiger partial charge in [-0.1, -0.05) is 36.4 Å². The molecule has 30 heavy (non-hydrogen) atoms. The Bertz CT molecular complexity index is 887. The number of ether oxygens (including phenoxy) is 1. The predicted molar refractivity (Wildman–Crippen MR) is 116 cm³/mol. The Balaban J connectivity index is 1.51. The van der Waals surface area contributed by atoms with Crippen LogP contribution in [0.15, 0.2) is 53.5 Å². The molecule has 1 aliphatic heterocycles. The molecule has 0 fully saturated rings. The molecule has 0 bridgehead atoms. The standard InChI is InChI=1S/C23H29FN4O2/c1-3-25-23(26-14-17(2)30-21-11-7-6-10-20(21)24)27-15-22(29)28-13-12-18-8-4-5-9-19(18)16-28/h4-11,17H,3,12-16H2,1-2H3,(H2,25,26,27). The topological polar surface area (TPSA) is 66.0 Å². The van der Waals surface area contributed by atoms with Crippen LogP contribution in [-0.4, -0.2) is 49.0 Å². The van der Waals surface area contributed by atoms with E-state index in [0.29, 0.717) is 32.1 Å². The van der Waals surface area contributed by atoms with E-state index in [2.05, 4.69) is 27.8 Å². The van der Waals surface area contributed by atoms with Gasteiger partial charge in [0.05, 0.1) is 6.54 Å². The quantitative estimate of drug-likeness (QED) is 0.542. The first kappa shape index (κ1) is 21.6. The number of amides is 1. The third kappa shape index (κ3) is 5.95. The van der Waals surface area contributed by atoms with Crippen molar-refractivity contribution in [3.8, 4) is 5.75 Å². The number of hydrogen-bond donors (Lipinski definition) is 2. The highest BCUT2D eigenvalue weighted by atomic mass is 19.1. The average Bonchev–Trinajstić information content (AvgIpc) is 2.76. The monoisotopic (exact) mass is 412 g/mol. The minimum atomic E-state index is -0.390. The molecular weight excluding hydrogens is 383 g/mol. The van der Waals surface area contributed by atoms with E-state index in [1.807, 2.05) is 30.9 Å². The molecule has 1 atom stereocenters. The molecule has 2 N–H and O–H groups in total. The minimum absolute atomic E-state index is 0.00244. The fraction of sp³-hybridized carbons (Fsp3) is 0.391. The zero-order valence-electron chi connectivity index (χ0n) is 17.5. The highest BCUT2D eigenvalue weighted by Gasteiger charge is 2.20.